The van der Waals surface area contributed by atoms with Crippen LogP contribution in [0, 0.1) is 23.2 Å². The van der Waals surface area contributed by atoms with Crippen LogP contribution in [0.15, 0.2) is 18.2 Å². The summed E-state index contributed by atoms with van der Waals surface area (Å²) in [6.45, 7) is 0.780. The van der Waals surface area contributed by atoms with E-state index in [9.17, 15) is 61.6 Å². The van der Waals surface area contributed by atoms with Crippen molar-refractivity contribution >= 4 is 16.9 Å². The highest BCUT2D eigenvalue weighted by atomic mass is 32.2. The van der Waals surface area contributed by atoms with Gasteiger partial charge in [0.2, 0.25) is 0 Å². The molecule has 0 radical (unpaired) electrons. The maximum Gasteiger partial charge on any atom is 0.453 e. The fourth-order valence-electron chi connectivity index (χ4n) is 9.78. The van der Waals surface area contributed by atoms with Crippen LogP contribution < -0.4 is 0 Å². The van der Waals surface area contributed by atoms with Gasteiger partial charge in [-0.15, -0.1) is 0 Å². The molecule has 3 aliphatic carbocycles. The Hall–Kier alpha value is -1.95. The van der Waals surface area contributed by atoms with Crippen LogP contribution >= 0.6 is 0 Å². The number of aliphatic hydroxyl groups is 6. The van der Waals surface area contributed by atoms with E-state index in [1.165, 1.54) is 5.56 Å². The second-order valence-corrected chi connectivity index (χ2v) is 18.5. The van der Waals surface area contributed by atoms with Crippen molar-refractivity contribution in [2.75, 3.05) is 24.7 Å². The summed E-state index contributed by atoms with van der Waals surface area (Å²) in [6, 6.07) is 6.01. The Bertz CT molecular complexity index is 1440. The smallest absolute Gasteiger partial charge is 0.453 e. The van der Waals surface area contributed by atoms with Gasteiger partial charge in [0.25, 0.3) is 0 Å². The lowest BCUT2D eigenvalue weighted by Crippen LogP contribution is -2.50. The number of fused-ring (bicyclic) bond motifs is 5. The summed E-state index contributed by atoms with van der Waals surface area (Å²) in [7, 11) is -1.42. The fraction of sp³-hybridized carbons (Fsp3) is 0.825. The first-order chi connectivity index (χ1) is 26.3. The summed E-state index contributed by atoms with van der Waals surface area (Å²) in [5.41, 5.74) is 3.01. The molecular weight excluding hydrogens is 765 g/mol. The molecule has 56 heavy (non-hydrogen) atoms. The number of hydrogen-bond donors (Lipinski definition) is 7. The maximum absolute atomic E-state index is 13.1. The number of aliphatic hydroxyl groups excluding tert-OH is 6. The van der Waals surface area contributed by atoms with Gasteiger partial charge in [-0.1, -0.05) is 63.6 Å². The number of hydrogen-bond acceptors (Lipinski definition) is 8. The van der Waals surface area contributed by atoms with Crippen LogP contribution in [0.1, 0.15) is 119 Å². The van der Waals surface area contributed by atoms with E-state index in [1.54, 1.807) is 0 Å². The largest absolute Gasteiger partial charge is 0.465 e. The average Bonchev–Trinajstić information content (AvgIpc) is 3.45. The molecule has 1 unspecified atom stereocenters. The van der Waals surface area contributed by atoms with E-state index in [4.69, 9.17) is 5.11 Å². The molecule has 4 rings (SSSR count). The number of halogens is 5. The first kappa shape index (κ1) is 46.7. The predicted octanol–water partition coefficient (Wildman–Crippen LogP) is 5.89. The molecule has 2 fully saturated rings. The van der Waals surface area contributed by atoms with Gasteiger partial charge in [-0.2, -0.15) is 22.0 Å². The first-order valence-electron chi connectivity index (χ1n) is 20.2. The molecule has 1 amide bonds. The number of benzene rings is 1. The normalized spacial score (nSPS) is 27.8. The van der Waals surface area contributed by atoms with Crippen LogP contribution in [-0.4, -0.2) is 118 Å². The summed E-state index contributed by atoms with van der Waals surface area (Å²) in [6.07, 6.45) is -4.32. The quantitative estimate of drug-likeness (QED) is 0.0555. The van der Waals surface area contributed by atoms with E-state index in [-0.39, 0.29) is 23.8 Å². The van der Waals surface area contributed by atoms with E-state index in [0.29, 0.717) is 41.4 Å². The molecule has 0 aliphatic heterocycles. The molecule has 0 bridgehead atoms. The molecule has 0 spiro atoms. The highest BCUT2D eigenvalue weighted by molar-refractivity contribution is 7.84. The first-order valence-corrected chi connectivity index (χ1v) is 21.7. The Morgan fingerprint density at radius 2 is 1.54 bits per heavy atom. The van der Waals surface area contributed by atoms with Gasteiger partial charge in [0.05, 0.1) is 19.3 Å². The third-order valence-electron chi connectivity index (χ3n) is 13.0. The molecule has 16 heteroatoms. The molecule has 1 aromatic carbocycles. The minimum absolute atomic E-state index is 0.0759. The van der Waals surface area contributed by atoms with Crippen molar-refractivity contribution in [3.63, 3.8) is 0 Å². The lowest BCUT2D eigenvalue weighted by Gasteiger charge is -2.53. The number of carboxylic acid groups (broad SMARTS) is 1. The Morgan fingerprint density at radius 3 is 2.18 bits per heavy atom. The number of unbranched alkanes of at least 4 members (excludes halogenated alkanes) is 6. The number of amides is 1. The van der Waals surface area contributed by atoms with E-state index < -0.39 is 79.4 Å². The lowest BCUT2D eigenvalue weighted by atomic mass is 9.52. The molecule has 7 N–H and O–H groups in total. The Balaban J connectivity index is 1.30. The number of carbonyl (C=O) groups is 1. The van der Waals surface area contributed by atoms with Gasteiger partial charge in [-0.3, -0.25) is 4.21 Å². The van der Waals surface area contributed by atoms with Gasteiger partial charge in [-0.05, 0) is 97.1 Å². The summed E-state index contributed by atoms with van der Waals surface area (Å²) in [5.74, 6) is -3.13. The van der Waals surface area contributed by atoms with Crippen LogP contribution in [0.5, 0.6) is 0 Å². The summed E-state index contributed by atoms with van der Waals surface area (Å²) >= 11 is 0. The zero-order chi connectivity index (χ0) is 41.4. The van der Waals surface area contributed by atoms with Crippen molar-refractivity contribution in [3.8, 4) is 0 Å². The second kappa shape index (κ2) is 20.3. The molecule has 1 aromatic rings. The Morgan fingerprint density at radius 1 is 0.911 bits per heavy atom. The van der Waals surface area contributed by atoms with Crippen LogP contribution in [0.2, 0.25) is 0 Å². The topological polar surface area (TPSA) is 179 Å². The zero-order valence-electron chi connectivity index (χ0n) is 32.3. The average molecular weight is 828 g/mol. The monoisotopic (exact) mass is 827 g/mol. The molecule has 0 saturated heterocycles. The second-order valence-electron chi connectivity index (χ2n) is 16.8. The summed E-state index contributed by atoms with van der Waals surface area (Å²) in [4.78, 5) is 13.1. The van der Waals surface area contributed by atoms with Crippen LogP contribution in [0.3, 0.4) is 0 Å². The highest BCUT2D eigenvalue weighted by Crippen LogP contribution is 2.62. The van der Waals surface area contributed by atoms with E-state index in [2.05, 4.69) is 13.0 Å². The molecule has 3 aliphatic rings. The maximum atomic E-state index is 13.1. The standard InChI is InChI=1S/C40H62F5NO9S/c1-38-17-15-29-28-12-11-25(22-46(37(53)54)23-31(48)35(51)36(52)32(49)24-47)20-27(28)21-26(34(29)30(38)13-14-33(38)50)10-7-5-3-2-4-6-8-18-56(55)19-9-16-39(41,42)40(43,44)45/h11-12,20,26,29-36,47-52H,2-10,13-19,21-24H2,1H3,(H,53,54)/t26-,29-,30+,31+,32-,33+,34-,35-,36-,38+,56?/m1/s1. The van der Waals surface area contributed by atoms with Crippen LogP contribution in [-0.2, 0) is 23.8 Å². The van der Waals surface area contributed by atoms with E-state index in [1.807, 2.05) is 12.1 Å². The van der Waals surface area contributed by atoms with Crippen molar-refractivity contribution in [1.82, 2.24) is 4.90 Å². The SMILES string of the molecule is C[C@]12CC[C@@H]3c4ccc(CN(C[C@H](O)[C@@H](O)[C@H](O)[C@H](O)CO)C(=O)O)cc4C[C@@H](CCCCCCCCCS(=O)CCCC(F)(F)C(F)(F)F)[C@H]3[C@@H]1CC[C@@H]2O. The molecule has 0 heterocycles. The van der Waals surface area contributed by atoms with Crippen molar-refractivity contribution in [2.45, 2.75) is 158 Å². The third-order valence-corrected chi connectivity index (χ3v) is 14.5. The van der Waals surface area contributed by atoms with Gasteiger partial charge < -0.3 is 40.6 Å². The number of nitrogens with zero attached hydrogens (tertiary/aromatic N) is 1. The van der Waals surface area contributed by atoms with Crippen molar-refractivity contribution in [2.24, 2.45) is 23.2 Å². The fourth-order valence-corrected chi connectivity index (χ4v) is 11.0. The minimum atomic E-state index is -5.59. The van der Waals surface area contributed by atoms with Gasteiger partial charge in [0, 0.05) is 35.3 Å². The van der Waals surface area contributed by atoms with Crippen molar-refractivity contribution in [3.05, 3.63) is 34.9 Å². The summed E-state index contributed by atoms with van der Waals surface area (Å²) < 4.78 is 75.2. The minimum Gasteiger partial charge on any atom is -0.465 e. The van der Waals surface area contributed by atoms with E-state index >= 15 is 0 Å². The van der Waals surface area contributed by atoms with Crippen LogP contribution in [0.25, 0.3) is 0 Å². The molecular formula is C40H62F5NO9S. The molecule has 2 saturated carbocycles. The Labute approximate surface area is 329 Å². The number of alkyl halides is 5. The predicted molar refractivity (Wildman–Crippen MR) is 201 cm³/mol. The zero-order valence-corrected chi connectivity index (χ0v) is 33.1. The van der Waals surface area contributed by atoms with E-state index in [0.717, 1.165) is 87.5 Å². The molecule has 11 atom stereocenters. The van der Waals surface area contributed by atoms with Crippen molar-refractivity contribution in [1.29, 1.82) is 0 Å². The summed E-state index contributed by atoms with van der Waals surface area (Å²) in [5, 5.41) is 70.4. The molecule has 0 aromatic heterocycles. The lowest BCUT2D eigenvalue weighted by molar-refractivity contribution is -0.284. The van der Waals surface area contributed by atoms with Gasteiger partial charge >= 0.3 is 18.2 Å². The Kier molecular flexibility index (Phi) is 17.0. The van der Waals surface area contributed by atoms with Gasteiger partial charge in [0.15, 0.2) is 0 Å². The third kappa shape index (κ3) is 11.6. The molecule has 10 nitrogen and oxygen atoms in total. The van der Waals surface area contributed by atoms with Gasteiger partial charge in [0.1, 0.15) is 24.4 Å². The van der Waals surface area contributed by atoms with Crippen molar-refractivity contribution < 1.29 is 66.7 Å². The highest BCUT2D eigenvalue weighted by Gasteiger charge is 2.57. The van der Waals surface area contributed by atoms with Crippen LogP contribution in [0.4, 0.5) is 26.7 Å². The van der Waals surface area contributed by atoms with Gasteiger partial charge in [-0.25, -0.2) is 4.79 Å². The number of rotatable bonds is 22. The molecule has 322 valence electrons.